The minimum Gasteiger partial charge on any atom is -0.489 e. The minimum atomic E-state index is -0.181. The van der Waals surface area contributed by atoms with E-state index in [1.807, 2.05) is 60.7 Å². The van der Waals surface area contributed by atoms with Crippen molar-refractivity contribution < 1.29 is 13.9 Å². The first-order chi connectivity index (χ1) is 15.8. The molecule has 5 heteroatoms. The van der Waals surface area contributed by atoms with Crippen LogP contribution >= 0.6 is 0 Å². The number of carbonyl (C=O) groups excluding carboxylic acids is 1. The van der Waals surface area contributed by atoms with Crippen molar-refractivity contribution in [2.75, 3.05) is 13.1 Å². The quantitative estimate of drug-likeness (QED) is 0.451. The maximum absolute atomic E-state index is 13.2. The van der Waals surface area contributed by atoms with Crippen molar-refractivity contribution in [1.82, 2.24) is 10.2 Å². The maximum Gasteiger partial charge on any atom is 0.287 e. The van der Waals surface area contributed by atoms with Gasteiger partial charge in [-0.15, -0.1) is 0 Å². The fourth-order valence-corrected chi connectivity index (χ4v) is 4.28. The molecule has 5 rings (SSSR count). The third-order valence-electron chi connectivity index (χ3n) is 5.89. The van der Waals surface area contributed by atoms with Gasteiger partial charge < -0.3 is 14.5 Å². The summed E-state index contributed by atoms with van der Waals surface area (Å²) in [6.07, 6.45) is 0.925. The number of benzene rings is 3. The number of hydrogen-bond acceptors (Lipinski definition) is 4. The number of likely N-dealkylation sites (tertiary alicyclic amines) is 1. The average Bonchev–Trinajstić information content (AvgIpc) is 3.43. The van der Waals surface area contributed by atoms with Gasteiger partial charge in [0.1, 0.15) is 17.9 Å². The molecular formula is C27H26N2O3. The number of hydrogen-bond donors (Lipinski definition) is 1. The first-order valence-electron chi connectivity index (χ1n) is 11.0. The number of rotatable bonds is 7. The fourth-order valence-electron chi connectivity index (χ4n) is 4.28. The highest BCUT2D eigenvalue weighted by Gasteiger charge is 2.27. The van der Waals surface area contributed by atoms with E-state index >= 15 is 0 Å². The largest absolute Gasteiger partial charge is 0.489 e. The summed E-state index contributed by atoms with van der Waals surface area (Å²) in [6, 6.07) is 27.9. The lowest BCUT2D eigenvalue weighted by Gasteiger charge is -2.16. The van der Waals surface area contributed by atoms with Gasteiger partial charge in [-0.2, -0.15) is 0 Å². The number of amides is 1. The molecule has 1 atom stereocenters. The molecule has 0 spiro atoms. The SMILES string of the molecule is O=C(N[C@@H]1CCN(Cc2ccccc2)C1)c1oc2ccccc2c1COc1ccccc1. The van der Waals surface area contributed by atoms with Crippen LogP contribution in [0.4, 0.5) is 0 Å². The molecule has 32 heavy (non-hydrogen) atoms. The second-order valence-corrected chi connectivity index (χ2v) is 8.19. The van der Waals surface area contributed by atoms with E-state index in [4.69, 9.17) is 9.15 Å². The second kappa shape index (κ2) is 9.28. The average molecular weight is 427 g/mol. The molecule has 1 aliphatic heterocycles. The van der Waals surface area contributed by atoms with Gasteiger partial charge in [-0.3, -0.25) is 9.69 Å². The van der Waals surface area contributed by atoms with Gasteiger partial charge in [0.05, 0.1) is 0 Å². The molecule has 3 aromatic carbocycles. The van der Waals surface area contributed by atoms with E-state index in [2.05, 4.69) is 34.5 Å². The normalized spacial score (nSPS) is 16.3. The summed E-state index contributed by atoms with van der Waals surface area (Å²) in [5.41, 5.74) is 2.76. The molecule has 0 aliphatic carbocycles. The Morgan fingerprint density at radius 1 is 0.969 bits per heavy atom. The Kier molecular flexibility index (Phi) is 5.90. The molecule has 1 fully saturated rings. The smallest absolute Gasteiger partial charge is 0.287 e. The van der Waals surface area contributed by atoms with Crippen molar-refractivity contribution in [2.24, 2.45) is 0 Å². The lowest BCUT2D eigenvalue weighted by molar-refractivity contribution is 0.0908. The number of ether oxygens (including phenoxy) is 1. The van der Waals surface area contributed by atoms with Crippen LogP contribution in [0.3, 0.4) is 0 Å². The predicted molar refractivity (Wildman–Crippen MR) is 125 cm³/mol. The van der Waals surface area contributed by atoms with Crippen LogP contribution in [0.5, 0.6) is 5.75 Å². The Morgan fingerprint density at radius 2 is 1.69 bits per heavy atom. The molecule has 0 unspecified atom stereocenters. The molecule has 2 heterocycles. The van der Waals surface area contributed by atoms with Gasteiger partial charge in [-0.25, -0.2) is 0 Å². The highest BCUT2D eigenvalue weighted by atomic mass is 16.5. The zero-order valence-corrected chi connectivity index (χ0v) is 17.9. The Bertz CT molecular complexity index is 1190. The molecule has 1 saturated heterocycles. The van der Waals surface area contributed by atoms with Gasteiger partial charge >= 0.3 is 0 Å². The third-order valence-corrected chi connectivity index (χ3v) is 5.89. The number of fused-ring (bicyclic) bond motifs is 1. The molecule has 1 amide bonds. The van der Waals surface area contributed by atoms with Gasteiger partial charge in [0, 0.05) is 36.6 Å². The monoisotopic (exact) mass is 426 g/mol. The molecule has 5 nitrogen and oxygen atoms in total. The minimum absolute atomic E-state index is 0.0994. The molecule has 0 saturated carbocycles. The fraction of sp³-hybridized carbons (Fsp3) is 0.222. The summed E-state index contributed by atoms with van der Waals surface area (Å²) in [5.74, 6) is 0.916. The van der Waals surface area contributed by atoms with Crippen molar-refractivity contribution >= 4 is 16.9 Å². The predicted octanol–water partition coefficient (Wildman–Crippen LogP) is 5.02. The molecular weight excluding hydrogens is 400 g/mol. The third kappa shape index (κ3) is 4.53. The Morgan fingerprint density at radius 3 is 2.50 bits per heavy atom. The lowest BCUT2D eigenvalue weighted by Crippen LogP contribution is -2.37. The molecule has 1 N–H and O–H groups in total. The van der Waals surface area contributed by atoms with Crippen molar-refractivity contribution in [2.45, 2.75) is 25.6 Å². The number of nitrogens with zero attached hydrogens (tertiary/aromatic N) is 1. The molecule has 162 valence electrons. The molecule has 1 aromatic heterocycles. The summed E-state index contributed by atoms with van der Waals surface area (Å²) < 4.78 is 11.9. The van der Waals surface area contributed by atoms with Crippen LogP contribution in [-0.4, -0.2) is 29.9 Å². The van der Waals surface area contributed by atoms with Crippen LogP contribution in [0.2, 0.25) is 0 Å². The van der Waals surface area contributed by atoms with E-state index in [0.29, 0.717) is 11.3 Å². The van der Waals surface area contributed by atoms with Crippen molar-refractivity contribution in [1.29, 1.82) is 0 Å². The lowest BCUT2D eigenvalue weighted by atomic mass is 10.1. The number of carbonyl (C=O) groups is 1. The van der Waals surface area contributed by atoms with Gasteiger partial charge in [0.15, 0.2) is 5.76 Å². The summed E-state index contributed by atoms with van der Waals surface area (Å²) in [6.45, 7) is 2.96. The van der Waals surface area contributed by atoms with Gasteiger partial charge in [-0.1, -0.05) is 66.7 Å². The van der Waals surface area contributed by atoms with E-state index in [1.165, 1.54) is 5.56 Å². The summed E-state index contributed by atoms with van der Waals surface area (Å²) in [7, 11) is 0. The van der Waals surface area contributed by atoms with Crippen LogP contribution in [-0.2, 0) is 13.2 Å². The van der Waals surface area contributed by atoms with Crippen LogP contribution in [0.15, 0.2) is 89.3 Å². The zero-order valence-electron chi connectivity index (χ0n) is 17.9. The van der Waals surface area contributed by atoms with Gasteiger partial charge in [-0.05, 0) is 30.2 Å². The highest BCUT2D eigenvalue weighted by molar-refractivity contribution is 5.99. The zero-order chi connectivity index (χ0) is 21.8. The number of furan rings is 1. The van der Waals surface area contributed by atoms with E-state index < -0.39 is 0 Å². The van der Waals surface area contributed by atoms with Gasteiger partial charge in [0.2, 0.25) is 0 Å². The second-order valence-electron chi connectivity index (χ2n) is 8.19. The standard InChI is InChI=1S/C27H26N2O3/c30-27(28-21-15-16-29(18-21)17-20-9-3-1-4-10-20)26-24(19-31-22-11-5-2-6-12-22)23-13-7-8-14-25(23)32-26/h1-14,21H,15-19H2,(H,28,30)/t21-/m1/s1. The number of para-hydroxylation sites is 2. The summed E-state index contributed by atoms with van der Waals surface area (Å²) >= 11 is 0. The molecule has 4 aromatic rings. The Balaban J connectivity index is 1.29. The van der Waals surface area contributed by atoms with Crippen molar-refractivity contribution in [3.05, 3.63) is 102 Å². The van der Waals surface area contributed by atoms with Crippen molar-refractivity contribution in [3.8, 4) is 5.75 Å². The van der Waals surface area contributed by atoms with E-state index in [1.54, 1.807) is 0 Å². The first-order valence-corrected chi connectivity index (χ1v) is 11.0. The molecule has 0 radical (unpaired) electrons. The van der Waals surface area contributed by atoms with E-state index in [0.717, 1.165) is 42.8 Å². The van der Waals surface area contributed by atoms with E-state index in [9.17, 15) is 4.79 Å². The van der Waals surface area contributed by atoms with Gasteiger partial charge in [0.25, 0.3) is 5.91 Å². The summed E-state index contributed by atoms with van der Waals surface area (Å²) in [4.78, 5) is 15.6. The van der Waals surface area contributed by atoms with Crippen LogP contribution in [0.25, 0.3) is 11.0 Å². The number of nitrogens with one attached hydrogen (secondary N) is 1. The Hall–Kier alpha value is -3.57. The van der Waals surface area contributed by atoms with Crippen molar-refractivity contribution in [3.63, 3.8) is 0 Å². The molecule has 1 aliphatic rings. The maximum atomic E-state index is 13.2. The van der Waals surface area contributed by atoms with Crippen LogP contribution in [0, 0.1) is 0 Å². The Labute approximate surface area is 187 Å². The topological polar surface area (TPSA) is 54.7 Å². The van der Waals surface area contributed by atoms with E-state index in [-0.39, 0.29) is 18.6 Å². The van der Waals surface area contributed by atoms with Crippen LogP contribution in [0.1, 0.15) is 28.1 Å². The first kappa shape index (κ1) is 20.3. The molecule has 0 bridgehead atoms. The summed E-state index contributed by atoms with van der Waals surface area (Å²) in [5, 5.41) is 4.09. The highest BCUT2D eigenvalue weighted by Crippen LogP contribution is 2.28. The van der Waals surface area contributed by atoms with Crippen LogP contribution < -0.4 is 10.1 Å².